The number of amides is 2. The number of carbonyl (C=O) groups is 2. The number of nitrogens with one attached hydrogen (secondary N) is 1. The molecular weight excluding hydrogens is 590 g/mol. The topological polar surface area (TPSA) is 115 Å². The predicted molar refractivity (Wildman–Crippen MR) is 154 cm³/mol. The van der Waals surface area contributed by atoms with Gasteiger partial charge in [0.05, 0.1) is 16.2 Å². The summed E-state index contributed by atoms with van der Waals surface area (Å²) in [6.45, 7) is 6.63. The van der Waals surface area contributed by atoms with Crippen molar-refractivity contribution in [2.75, 3.05) is 77.0 Å². The normalized spacial score (nSPS) is 17.0. The van der Waals surface area contributed by atoms with E-state index in [1.165, 1.54) is 50.9 Å². The molecule has 226 valence electrons. The largest absolute Gasteiger partial charge is 0.450 e. The number of aromatic nitrogens is 1. The smallest absolute Gasteiger partial charge is 0.409 e. The number of piperazine rings is 2. The Bertz CT molecular complexity index is 1540. The van der Waals surface area contributed by atoms with Crippen LogP contribution >= 0.6 is 11.3 Å². The van der Waals surface area contributed by atoms with E-state index < -0.39 is 27.8 Å². The molecule has 0 atom stereocenters. The molecule has 0 aliphatic carbocycles. The van der Waals surface area contributed by atoms with E-state index >= 15 is 0 Å². The third-order valence-electron chi connectivity index (χ3n) is 7.28. The first-order valence-corrected chi connectivity index (χ1v) is 15.9. The molecule has 2 aromatic carbocycles. The minimum atomic E-state index is -3.76. The number of halogens is 2. The Morgan fingerprint density at radius 3 is 2.36 bits per heavy atom. The molecule has 0 unspecified atom stereocenters. The molecule has 15 heteroatoms. The molecule has 0 spiro atoms. The van der Waals surface area contributed by atoms with Crippen molar-refractivity contribution < 1.29 is 31.5 Å². The molecule has 11 nitrogen and oxygen atoms in total. The van der Waals surface area contributed by atoms with Crippen molar-refractivity contribution in [2.45, 2.75) is 11.8 Å². The molecule has 2 amide bonds. The van der Waals surface area contributed by atoms with E-state index in [0.717, 1.165) is 19.2 Å². The molecule has 1 N–H and O–H groups in total. The van der Waals surface area contributed by atoms with E-state index in [-0.39, 0.29) is 49.1 Å². The summed E-state index contributed by atoms with van der Waals surface area (Å²) in [6.07, 6.45) is -0.451. The summed E-state index contributed by atoms with van der Waals surface area (Å²) >= 11 is 1.27. The highest BCUT2D eigenvalue weighted by atomic mass is 32.2. The molecule has 2 fully saturated rings. The zero-order valence-corrected chi connectivity index (χ0v) is 24.7. The fraction of sp³-hybridized carbons (Fsp3) is 0.444. The summed E-state index contributed by atoms with van der Waals surface area (Å²) in [5.74, 6) is -1.58. The summed E-state index contributed by atoms with van der Waals surface area (Å²) in [4.78, 5) is 34.7. The Balaban J connectivity index is 1.07. The van der Waals surface area contributed by atoms with E-state index in [1.807, 2.05) is 4.90 Å². The van der Waals surface area contributed by atoms with Crippen LogP contribution in [0.4, 0.5) is 18.7 Å². The lowest BCUT2D eigenvalue weighted by Gasteiger charge is -2.34. The Kier molecular flexibility index (Phi) is 9.20. The maximum absolute atomic E-state index is 14.0. The van der Waals surface area contributed by atoms with E-state index in [4.69, 9.17) is 4.74 Å². The fourth-order valence-electron chi connectivity index (χ4n) is 4.93. The number of hydrogen-bond donors (Lipinski definition) is 1. The predicted octanol–water partition coefficient (Wildman–Crippen LogP) is 2.59. The van der Waals surface area contributed by atoms with Gasteiger partial charge in [0.2, 0.25) is 10.0 Å². The zero-order chi connectivity index (χ0) is 29.9. The van der Waals surface area contributed by atoms with Crippen LogP contribution < -0.4 is 10.2 Å². The number of benzene rings is 2. The standard InChI is InChI=1S/C27H32F2N6O5S2/c1-2-40-27(37)34-13-15-35(16-14-34)42(38,39)21-5-3-19(4-6-21)25(36)30-7-8-32-9-11-33(12-10-32)26-31-24-22(29)17-20(28)18-23(24)41-26/h3-6,17-18H,2,7-16H2,1H3,(H,30,36). The molecule has 5 rings (SSSR count). The Labute approximate surface area is 246 Å². The van der Waals surface area contributed by atoms with Gasteiger partial charge < -0.3 is 19.9 Å². The second-order valence-electron chi connectivity index (χ2n) is 9.93. The van der Waals surface area contributed by atoms with Crippen molar-refractivity contribution >= 4 is 48.7 Å². The number of carbonyl (C=O) groups excluding carboxylic acids is 2. The molecular formula is C27H32F2N6O5S2. The minimum absolute atomic E-state index is 0.0857. The highest BCUT2D eigenvalue weighted by Gasteiger charge is 2.30. The number of fused-ring (bicyclic) bond motifs is 1. The number of ether oxygens (including phenoxy) is 1. The van der Waals surface area contributed by atoms with E-state index in [9.17, 15) is 26.8 Å². The highest BCUT2D eigenvalue weighted by Crippen LogP contribution is 2.31. The first kappa shape index (κ1) is 30.1. The number of nitrogens with zero attached hydrogens (tertiary/aromatic N) is 5. The van der Waals surface area contributed by atoms with Crippen LogP contribution in [0, 0.1) is 11.6 Å². The van der Waals surface area contributed by atoms with Gasteiger partial charge in [-0.15, -0.1) is 0 Å². The third kappa shape index (κ3) is 6.64. The molecule has 0 saturated carbocycles. The lowest BCUT2D eigenvalue weighted by atomic mass is 10.2. The lowest BCUT2D eigenvalue weighted by Crippen LogP contribution is -2.50. The fourth-order valence-corrected chi connectivity index (χ4v) is 7.41. The summed E-state index contributed by atoms with van der Waals surface area (Å²) in [6, 6.07) is 7.95. The van der Waals surface area contributed by atoms with Gasteiger partial charge in [0.1, 0.15) is 11.3 Å². The van der Waals surface area contributed by atoms with Gasteiger partial charge in [0, 0.05) is 77.1 Å². The first-order valence-electron chi connectivity index (χ1n) is 13.7. The first-order chi connectivity index (χ1) is 20.2. The SMILES string of the molecule is CCOC(=O)N1CCN(S(=O)(=O)c2ccc(C(=O)NCCN3CCN(c4nc5c(F)cc(F)cc5s4)CC3)cc2)CC1. The van der Waals surface area contributed by atoms with Gasteiger partial charge in [-0.1, -0.05) is 11.3 Å². The van der Waals surface area contributed by atoms with Crippen LogP contribution in [0.3, 0.4) is 0 Å². The van der Waals surface area contributed by atoms with Gasteiger partial charge in [0.25, 0.3) is 5.91 Å². The molecule has 0 radical (unpaired) electrons. The number of hydrogen-bond acceptors (Lipinski definition) is 9. The molecule has 0 bridgehead atoms. The van der Waals surface area contributed by atoms with E-state index in [1.54, 1.807) is 6.92 Å². The second-order valence-corrected chi connectivity index (χ2v) is 12.9. The van der Waals surface area contributed by atoms with Crippen LogP contribution in [-0.4, -0.2) is 112 Å². The van der Waals surface area contributed by atoms with Crippen molar-refractivity contribution in [3.8, 4) is 0 Å². The quantitative estimate of drug-likeness (QED) is 0.408. The number of thiazole rings is 1. The van der Waals surface area contributed by atoms with Gasteiger partial charge in [-0.3, -0.25) is 9.69 Å². The summed E-state index contributed by atoms with van der Waals surface area (Å²) in [7, 11) is -3.76. The average Bonchev–Trinajstić information content (AvgIpc) is 3.42. The molecule has 2 aliphatic heterocycles. The van der Waals surface area contributed by atoms with Crippen LogP contribution in [-0.2, 0) is 14.8 Å². The van der Waals surface area contributed by atoms with Gasteiger partial charge in [-0.05, 0) is 37.3 Å². The maximum atomic E-state index is 14.0. The zero-order valence-electron chi connectivity index (χ0n) is 23.1. The molecule has 3 aromatic rings. The second kappa shape index (κ2) is 12.9. The summed E-state index contributed by atoms with van der Waals surface area (Å²) in [5, 5.41) is 3.53. The molecule has 3 heterocycles. The molecule has 2 aliphatic rings. The van der Waals surface area contributed by atoms with Crippen LogP contribution in [0.25, 0.3) is 10.2 Å². The van der Waals surface area contributed by atoms with E-state index in [0.29, 0.717) is 41.6 Å². The summed E-state index contributed by atoms with van der Waals surface area (Å²) in [5.41, 5.74) is 0.534. The van der Waals surface area contributed by atoms with Crippen molar-refractivity contribution in [3.63, 3.8) is 0 Å². The number of sulfonamides is 1. The maximum Gasteiger partial charge on any atom is 0.409 e. The van der Waals surface area contributed by atoms with Crippen LogP contribution in [0.1, 0.15) is 17.3 Å². The Morgan fingerprint density at radius 1 is 1.00 bits per heavy atom. The van der Waals surface area contributed by atoms with Crippen molar-refractivity contribution in [1.82, 2.24) is 24.4 Å². The third-order valence-corrected chi connectivity index (χ3v) is 10.3. The summed E-state index contributed by atoms with van der Waals surface area (Å²) < 4.78 is 60.4. The number of rotatable bonds is 8. The Morgan fingerprint density at radius 2 is 1.69 bits per heavy atom. The molecule has 1 aromatic heterocycles. The van der Waals surface area contributed by atoms with Gasteiger partial charge in [0.15, 0.2) is 10.9 Å². The van der Waals surface area contributed by atoms with Crippen molar-refractivity contribution in [2.24, 2.45) is 0 Å². The van der Waals surface area contributed by atoms with Crippen molar-refractivity contribution in [1.29, 1.82) is 0 Å². The van der Waals surface area contributed by atoms with Gasteiger partial charge in [-0.2, -0.15) is 4.31 Å². The van der Waals surface area contributed by atoms with E-state index in [2.05, 4.69) is 15.2 Å². The molecule has 42 heavy (non-hydrogen) atoms. The monoisotopic (exact) mass is 622 g/mol. The van der Waals surface area contributed by atoms with Crippen molar-refractivity contribution in [3.05, 3.63) is 53.6 Å². The minimum Gasteiger partial charge on any atom is -0.450 e. The van der Waals surface area contributed by atoms with Crippen LogP contribution in [0.2, 0.25) is 0 Å². The Hall–Kier alpha value is -3.40. The van der Waals surface area contributed by atoms with Crippen LogP contribution in [0.5, 0.6) is 0 Å². The lowest BCUT2D eigenvalue weighted by molar-refractivity contribution is 0.0932. The number of anilines is 1. The van der Waals surface area contributed by atoms with Gasteiger partial charge in [-0.25, -0.2) is 27.0 Å². The molecule has 2 saturated heterocycles. The highest BCUT2D eigenvalue weighted by molar-refractivity contribution is 7.89. The van der Waals surface area contributed by atoms with Gasteiger partial charge >= 0.3 is 6.09 Å². The average molecular weight is 623 g/mol. The van der Waals surface area contributed by atoms with Crippen LogP contribution in [0.15, 0.2) is 41.3 Å².